The van der Waals surface area contributed by atoms with Crippen LogP contribution in [0.1, 0.15) is 51.0 Å². The van der Waals surface area contributed by atoms with Gasteiger partial charge < -0.3 is 43.6 Å². The van der Waals surface area contributed by atoms with E-state index in [1.165, 1.54) is 44.1 Å². The van der Waals surface area contributed by atoms with Crippen molar-refractivity contribution in [3.05, 3.63) is 29.8 Å². The fourth-order valence-electron chi connectivity index (χ4n) is 3.61. The highest BCUT2D eigenvalue weighted by Crippen LogP contribution is 2.15. The van der Waals surface area contributed by atoms with E-state index < -0.39 is 12.6 Å². The predicted molar refractivity (Wildman–Crippen MR) is 155 cm³/mol. The summed E-state index contributed by atoms with van der Waals surface area (Å²) in [7, 11) is 0. The second-order valence-corrected chi connectivity index (χ2v) is 9.31. The lowest BCUT2D eigenvalue weighted by atomic mass is 10.0. The summed E-state index contributed by atoms with van der Waals surface area (Å²) in [4.78, 5) is 21.6. The van der Waals surface area contributed by atoms with Gasteiger partial charge in [0.1, 0.15) is 25.6 Å². The first-order valence-electron chi connectivity index (χ1n) is 14.8. The van der Waals surface area contributed by atoms with Gasteiger partial charge in [-0.3, -0.25) is 4.79 Å². The van der Waals surface area contributed by atoms with Gasteiger partial charge in [0.2, 0.25) is 5.91 Å². The Morgan fingerprint density at radius 1 is 0.634 bits per heavy atom. The number of ether oxygens (including phenoxy) is 7. The quantitative estimate of drug-likeness (QED) is 0.130. The van der Waals surface area contributed by atoms with Crippen molar-refractivity contribution in [2.45, 2.75) is 51.9 Å². The minimum Gasteiger partial charge on any atom is -0.491 e. The summed E-state index contributed by atoms with van der Waals surface area (Å²) >= 11 is 0. The highest BCUT2D eigenvalue weighted by Gasteiger charge is 2.03. The van der Waals surface area contributed by atoms with Gasteiger partial charge in [-0.2, -0.15) is 0 Å². The number of carbonyl (C=O) groups is 2. The summed E-state index contributed by atoms with van der Waals surface area (Å²) in [6, 6.07) is 8.37. The molecule has 1 aromatic carbocycles. The predicted octanol–water partition coefficient (Wildman–Crippen LogP) is 3.27. The Kier molecular flexibility index (Phi) is 25.0. The molecule has 0 aliphatic rings. The van der Waals surface area contributed by atoms with E-state index in [0.29, 0.717) is 79.2 Å². The van der Waals surface area contributed by atoms with Crippen molar-refractivity contribution in [1.82, 2.24) is 5.32 Å². The summed E-state index contributed by atoms with van der Waals surface area (Å²) in [5, 5.41) is 11.0. The van der Waals surface area contributed by atoms with Crippen molar-refractivity contribution in [3.63, 3.8) is 0 Å². The number of rotatable bonds is 30. The molecule has 1 rings (SSSR count). The fraction of sp³-hybridized carbons (Fsp3) is 0.733. The standard InChI is InChI=1S/C30H51NO10/c1-2-3-4-5-6-7-8-27-9-11-28(12-10-27)41-24-23-39-22-21-38-20-19-37-18-17-36-16-15-35-14-13-31-29(32)25-40-26-30(33)34/h9-12H,2-8,13-26H2,1H3,(H,31,32)(H,33,34). The molecule has 0 saturated carbocycles. The monoisotopic (exact) mass is 585 g/mol. The molecule has 1 amide bonds. The Balaban J connectivity index is 1.78. The Bertz CT molecular complexity index is 747. The summed E-state index contributed by atoms with van der Waals surface area (Å²) in [6.07, 6.45) is 9.03. The zero-order valence-electron chi connectivity index (χ0n) is 24.8. The number of aryl methyl sites for hydroxylation is 1. The van der Waals surface area contributed by atoms with E-state index in [4.69, 9.17) is 33.5 Å². The number of unbranched alkanes of at least 4 members (excludes halogenated alkanes) is 5. The van der Waals surface area contributed by atoms with E-state index in [9.17, 15) is 9.59 Å². The minimum atomic E-state index is -1.12. The molecule has 0 bridgehead atoms. The first-order valence-corrected chi connectivity index (χ1v) is 14.8. The molecular weight excluding hydrogens is 534 g/mol. The number of hydrogen-bond donors (Lipinski definition) is 2. The van der Waals surface area contributed by atoms with Gasteiger partial charge in [-0.25, -0.2) is 4.79 Å². The fourth-order valence-corrected chi connectivity index (χ4v) is 3.61. The summed E-state index contributed by atoms with van der Waals surface area (Å²) in [6.45, 7) is 6.81. The van der Waals surface area contributed by atoms with Gasteiger partial charge in [0, 0.05) is 6.54 Å². The number of amides is 1. The molecule has 0 unspecified atom stereocenters. The zero-order chi connectivity index (χ0) is 29.6. The van der Waals surface area contributed by atoms with Crippen molar-refractivity contribution in [1.29, 1.82) is 0 Å². The second-order valence-electron chi connectivity index (χ2n) is 9.31. The third-order valence-electron chi connectivity index (χ3n) is 5.75. The van der Waals surface area contributed by atoms with Crippen LogP contribution in [0.25, 0.3) is 0 Å². The highest BCUT2D eigenvalue weighted by atomic mass is 16.6. The van der Waals surface area contributed by atoms with Crippen LogP contribution in [-0.4, -0.2) is 109 Å². The van der Waals surface area contributed by atoms with Crippen LogP contribution >= 0.6 is 0 Å². The number of aliphatic carboxylic acids is 1. The largest absolute Gasteiger partial charge is 0.491 e. The van der Waals surface area contributed by atoms with Crippen LogP contribution in [0.15, 0.2) is 24.3 Å². The van der Waals surface area contributed by atoms with Crippen LogP contribution in [0, 0.1) is 0 Å². The van der Waals surface area contributed by atoms with Crippen molar-refractivity contribution in [2.75, 3.05) is 92.4 Å². The Hall–Kier alpha value is -2.28. The second kappa shape index (κ2) is 27.9. The van der Waals surface area contributed by atoms with Crippen molar-refractivity contribution in [2.24, 2.45) is 0 Å². The van der Waals surface area contributed by atoms with Crippen LogP contribution in [-0.2, 0) is 44.4 Å². The van der Waals surface area contributed by atoms with Gasteiger partial charge in [0.05, 0.1) is 66.1 Å². The topological polar surface area (TPSA) is 131 Å². The molecule has 1 aromatic rings. The van der Waals surface area contributed by atoms with E-state index >= 15 is 0 Å². The molecule has 2 N–H and O–H groups in total. The number of hydrogen-bond acceptors (Lipinski definition) is 9. The molecule has 236 valence electrons. The van der Waals surface area contributed by atoms with E-state index in [2.05, 4.69) is 29.1 Å². The average Bonchev–Trinajstić information content (AvgIpc) is 2.96. The molecule has 0 fully saturated rings. The third-order valence-corrected chi connectivity index (χ3v) is 5.75. The molecule has 0 aliphatic carbocycles. The lowest BCUT2D eigenvalue weighted by Crippen LogP contribution is -2.31. The number of nitrogens with one attached hydrogen (secondary N) is 1. The third kappa shape index (κ3) is 25.2. The van der Waals surface area contributed by atoms with Crippen LogP contribution in [0.4, 0.5) is 0 Å². The molecule has 0 aromatic heterocycles. The molecule has 0 saturated heterocycles. The molecule has 0 aliphatic heterocycles. The van der Waals surface area contributed by atoms with E-state index in [-0.39, 0.29) is 12.5 Å². The first-order chi connectivity index (χ1) is 20.1. The summed E-state index contributed by atoms with van der Waals surface area (Å²) in [5.74, 6) is -0.636. The van der Waals surface area contributed by atoms with Gasteiger partial charge in [0.15, 0.2) is 0 Å². The van der Waals surface area contributed by atoms with Crippen molar-refractivity contribution >= 4 is 11.9 Å². The molecule has 0 heterocycles. The van der Waals surface area contributed by atoms with E-state index in [1.807, 2.05) is 12.1 Å². The van der Waals surface area contributed by atoms with E-state index in [0.717, 1.165) is 12.2 Å². The van der Waals surface area contributed by atoms with E-state index in [1.54, 1.807) is 0 Å². The van der Waals surface area contributed by atoms with Gasteiger partial charge in [-0.1, -0.05) is 51.2 Å². The van der Waals surface area contributed by atoms with Crippen LogP contribution < -0.4 is 10.1 Å². The lowest BCUT2D eigenvalue weighted by molar-refractivity contribution is -0.143. The van der Waals surface area contributed by atoms with Gasteiger partial charge >= 0.3 is 5.97 Å². The zero-order valence-corrected chi connectivity index (χ0v) is 24.8. The average molecular weight is 586 g/mol. The van der Waals surface area contributed by atoms with Crippen molar-refractivity contribution in [3.8, 4) is 5.75 Å². The number of carboxylic acid groups (broad SMARTS) is 1. The molecular formula is C30H51NO10. The lowest BCUT2D eigenvalue weighted by Gasteiger charge is -2.09. The van der Waals surface area contributed by atoms with Gasteiger partial charge in [0.25, 0.3) is 0 Å². The first kappa shape index (κ1) is 36.7. The van der Waals surface area contributed by atoms with Crippen LogP contribution in [0.3, 0.4) is 0 Å². The van der Waals surface area contributed by atoms with Crippen LogP contribution in [0.5, 0.6) is 5.75 Å². The van der Waals surface area contributed by atoms with Crippen molar-refractivity contribution < 1.29 is 47.9 Å². The molecule has 11 nitrogen and oxygen atoms in total. The molecule has 41 heavy (non-hydrogen) atoms. The van der Waals surface area contributed by atoms with Gasteiger partial charge in [-0.05, 0) is 30.5 Å². The van der Waals surface area contributed by atoms with Crippen LogP contribution in [0.2, 0.25) is 0 Å². The molecule has 0 radical (unpaired) electrons. The number of benzene rings is 1. The number of carbonyl (C=O) groups excluding carboxylic acids is 1. The Labute approximate surface area is 245 Å². The summed E-state index contributed by atoms with van der Waals surface area (Å²) < 4.78 is 37.6. The smallest absolute Gasteiger partial charge is 0.329 e. The Morgan fingerprint density at radius 2 is 1.15 bits per heavy atom. The maximum Gasteiger partial charge on any atom is 0.329 e. The van der Waals surface area contributed by atoms with Gasteiger partial charge in [-0.15, -0.1) is 0 Å². The number of carboxylic acids is 1. The Morgan fingerprint density at radius 3 is 1.71 bits per heavy atom. The highest BCUT2D eigenvalue weighted by molar-refractivity contribution is 5.77. The molecule has 0 atom stereocenters. The molecule has 11 heteroatoms. The summed E-state index contributed by atoms with van der Waals surface area (Å²) in [5.41, 5.74) is 1.37. The molecule has 0 spiro atoms. The normalized spacial score (nSPS) is 11.0. The minimum absolute atomic E-state index is 0.293. The maximum absolute atomic E-state index is 11.4. The SMILES string of the molecule is CCCCCCCCc1ccc(OCCOCCOCCOCCOCCOCCNC(=O)COCC(=O)O)cc1. The maximum atomic E-state index is 11.4.